The molecule has 2 rings (SSSR count). The van der Waals surface area contributed by atoms with Crippen LogP contribution in [0, 0.1) is 6.92 Å². The van der Waals surface area contributed by atoms with Gasteiger partial charge in [0.2, 0.25) is 0 Å². The van der Waals surface area contributed by atoms with E-state index in [0.717, 1.165) is 10.2 Å². The number of carbonyl (C=O) groups excluding carboxylic acids is 1. The van der Waals surface area contributed by atoms with Gasteiger partial charge < -0.3 is 9.14 Å². The molecule has 0 spiro atoms. The van der Waals surface area contributed by atoms with Gasteiger partial charge in [0.25, 0.3) is 0 Å². The number of methoxy groups -OCH3 is 1. The average Bonchev–Trinajstić information content (AvgIpc) is 2.58. The Balaban J connectivity index is 2.78. The van der Waals surface area contributed by atoms with Crippen LogP contribution in [0.3, 0.4) is 0 Å². The monoisotopic (exact) mass is 268 g/mol. The Morgan fingerprint density at radius 2 is 2.33 bits per heavy atom. The van der Waals surface area contributed by atoms with Gasteiger partial charge in [-0.3, -0.25) is 0 Å². The smallest absolute Gasteiger partial charge is 0.341 e. The lowest BCUT2D eigenvalue weighted by Crippen LogP contribution is -2.04. The number of imidazole rings is 1. The zero-order chi connectivity index (χ0) is 11.0. The summed E-state index contributed by atoms with van der Waals surface area (Å²) in [6, 6.07) is 1.70. The van der Waals surface area contributed by atoms with Gasteiger partial charge in [-0.25, -0.2) is 9.78 Å². The van der Waals surface area contributed by atoms with Crippen molar-refractivity contribution in [2.45, 2.75) is 6.92 Å². The number of halogens is 1. The standard InChI is InChI=1S/C10H9BrN2O2/c1-6-4-12-9-8(10(14)15-2)3-7(11)5-13(6)9/h3-5H,1-2H3. The van der Waals surface area contributed by atoms with Crippen LogP contribution in [0.2, 0.25) is 0 Å². The first-order valence-electron chi connectivity index (χ1n) is 4.35. The fourth-order valence-electron chi connectivity index (χ4n) is 1.43. The third-order valence-electron chi connectivity index (χ3n) is 2.16. The number of pyridine rings is 1. The van der Waals surface area contributed by atoms with Gasteiger partial charge in [0.05, 0.1) is 7.11 Å². The largest absolute Gasteiger partial charge is 0.465 e. The van der Waals surface area contributed by atoms with E-state index in [-0.39, 0.29) is 5.97 Å². The predicted molar refractivity (Wildman–Crippen MR) is 59.0 cm³/mol. The summed E-state index contributed by atoms with van der Waals surface area (Å²) < 4.78 is 7.36. The van der Waals surface area contributed by atoms with Crippen molar-refractivity contribution in [1.82, 2.24) is 9.38 Å². The molecule has 4 nitrogen and oxygen atoms in total. The molecule has 0 amide bonds. The van der Waals surface area contributed by atoms with Gasteiger partial charge in [-0.15, -0.1) is 0 Å². The lowest BCUT2D eigenvalue weighted by molar-refractivity contribution is 0.0602. The molecule has 78 valence electrons. The molecule has 0 fully saturated rings. The van der Waals surface area contributed by atoms with Gasteiger partial charge in [0.15, 0.2) is 5.65 Å². The van der Waals surface area contributed by atoms with Gasteiger partial charge in [0.1, 0.15) is 5.56 Å². The van der Waals surface area contributed by atoms with Crippen LogP contribution in [0.25, 0.3) is 5.65 Å². The molecule has 0 atom stereocenters. The van der Waals surface area contributed by atoms with Gasteiger partial charge in [0, 0.05) is 22.6 Å². The van der Waals surface area contributed by atoms with E-state index in [0.29, 0.717) is 11.2 Å². The van der Waals surface area contributed by atoms with Crippen molar-refractivity contribution in [1.29, 1.82) is 0 Å². The topological polar surface area (TPSA) is 43.6 Å². The fourth-order valence-corrected chi connectivity index (χ4v) is 1.87. The zero-order valence-corrected chi connectivity index (χ0v) is 9.91. The minimum atomic E-state index is -0.383. The van der Waals surface area contributed by atoms with Crippen molar-refractivity contribution in [3.8, 4) is 0 Å². The van der Waals surface area contributed by atoms with E-state index in [4.69, 9.17) is 4.74 Å². The van der Waals surface area contributed by atoms with Crippen molar-refractivity contribution >= 4 is 27.5 Å². The zero-order valence-electron chi connectivity index (χ0n) is 8.32. The molecule has 0 saturated heterocycles. The maximum atomic E-state index is 11.5. The molecule has 5 heteroatoms. The molecule has 15 heavy (non-hydrogen) atoms. The first-order chi connectivity index (χ1) is 7.13. The highest BCUT2D eigenvalue weighted by molar-refractivity contribution is 9.10. The number of hydrogen-bond donors (Lipinski definition) is 0. The first-order valence-corrected chi connectivity index (χ1v) is 5.14. The van der Waals surface area contributed by atoms with Crippen molar-refractivity contribution in [3.05, 3.63) is 34.2 Å². The number of rotatable bonds is 1. The van der Waals surface area contributed by atoms with E-state index in [2.05, 4.69) is 20.9 Å². The molecule has 0 aliphatic rings. The lowest BCUT2D eigenvalue weighted by atomic mass is 10.3. The minimum absolute atomic E-state index is 0.383. The van der Waals surface area contributed by atoms with Crippen LogP contribution in [0.15, 0.2) is 22.9 Å². The molecule has 2 aromatic rings. The number of nitrogens with zero attached hydrogens (tertiary/aromatic N) is 2. The second-order valence-corrected chi connectivity index (χ2v) is 4.07. The Bertz CT molecular complexity index is 533. The second kappa shape index (κ2) is 3.66. The van der Waals surface area contributed by atoms with Crippen molar-refractivity contribution in [2.75, 3.05) is 7.11 Å². The minimum Gasteiger partial charge on any atom is -0.465 e. The van der Waals surface area contributed by atoms with E-state index in [9.17, 15) is 4.79 Å². The molecule has 2 aromatic heterocycles. The highest BCUT2D eigenvalue weighted by Gasteiger charge is 2.14. The number of aromatic nitrogens is 2. The Hall–Kier alpha value is -1.36. The van der Waals surface area contributed by atoms with E-state index >= 15 is 0 Å². The lowest BCUT2D eigenvalue weighted by Gasteiger charge is -2.03. The van der Waals surface area contributed by atoms with Crippen LogP contribution >= 0.6 is 15.9 Å². The molecule has 0 N–H and O–H groups in total. The van der Waals surface area contributed by atoms with Crippen molar-refractivity contribution < 1.29 is 9.53 Å². The molecule has 0 bridgehead atoms. The van der Waals surface area contributed by atoms with Crippen LogP contribution in [-0.4, -0.2) is 22.5 Å². The number of carbonyl (C=O) groups is 1. The molecule has 0 radical (unpaired) electrons. The number of esters is 1. The van der Waals surface area contributed by atoms with Gasteiger partial charge in [-0.1, -0.05) is 0 Å². The maximum absolute atomic E-state index is 11.5. The van der Waals surface area contributed by atoms with Crippen molar-refractivity contribution in [2.24, 2.45) is 0 Å². The Labute approximate surface area is 95.0 Å². The van der Waals surface area contributed by atoms with E-state index in [1.807, 2.05) is 17.5 Å². The summed E-state index contributed by atoms with van der Waals surface area (Å²) in [4.78, 5) is 15.7. The summed E-state index contributed by atoms with van der Waals surface area (Å²) in [6.07, 6.45) is 3.58. The number of aryl methyl sites for hydroxylation is 1. The van der Waals surface area contributed by atoms with Crippen LogP contribution in [0.4, 0.5) is 0 Å². The van der Waals surface area contributed by atoms with E-state index in [1.54, 1.807) is 12.3 Å². The number of hydrogen-bond acceptors (Lipinski definition) is 3. The number of ether oxygens (including phenoxy) is 1. The van der Waals surface area contributed by atoms with Gasteiger partial charge in [-0.05, 0) is 28.9 Å². The summed E-state index contributed by atoms with van der Waals surface area (Å²) in [5.41, 5.74) is 2.04. The number of fused-ring (bicyclic) bond motifs is 1. The Morgan fingerprint density at radius 3 is 3.00 bits per heavy atom. The normalized spacial score (nSPS) is 10.6. The van der Waals surface area contributed by atoms with Crippen LogP contribution in [-0.2, 0) is 4.74 Å². The molecular formula is C10H9BrN2O2. The highest BCUT2D eigenvalue weighted by Crippen LogP contribution is 2.19. The summed E-state index contributed by atoms with van der Waals surface area (Å²) in [5.74, 6) is -0.383. The van der Waals surface area contributed by atoms with E-state index in [1.165, 1.54) is 7.11 Å². The van der Waals surface area contributed by atoms with Crippen molar-refractivity contribution in [3.63, 3.8) is 0 Å². The Kier molecular flexibility index (Phi) is 2.48. The highest BCUT2D eigenvalue weighted by atomic mass is 79.9. The SMILES string of the molecule is COC(=O)c1cc(Br)cn2c(C)cnc12. The van der Waals surface area contributed by atoms with Gasteiger partial charge >= 0.3 is 5.97 Å². The first kappa shape index (κ1) is 10.2. The third kappa shape index (κ3) is 1.63. The van der Waals surface area contributed by atoms with E-state index < -0.39 is 0 Å². The third-order valence-corrected chi connectivity index (χ3v) is 2.60. The summed E-state index contributed by atoms with van der Waals surface area (Å²) in [5, 5.41) is 0. The van der Waals surface area contributed by atoms with Crippen LogP contribution in [0.1, 0.15) is 16.1 Å². The molecule has 0 aliphatic heterocycles. The summed E-state index contributed by atoms with van der Waals surface area (Å²) in [7, 11) is 1.36. The van der Waals surface area contributed by atoms with Crippen LogP contribution in [0.5, 0.6) is 0 Å². The average molecular weight is 269 g/mol. The second-order valence-electron chi connectivity index (χ2n) is 3.16. The molecule has 0 saturated carbocycles. The summed E-state index contributed by atoms with van der Waals surface area (Å²) in [6.45, 7) is 1.92. The van der Waals surface area contributed by atoms with Gasteiger partial charge in [-0.2, -0.15) is 0 Å². The Morgan fingerprint density at radius 1 is 1.60 bits per heavy atom. The predicted octanol–water partition coefficient (Wildman–Crippen LogP) is 2.19. The maximum Gasteiger partial charge on any atom is 0.341 e. The molecule has 0 unspecified atom stereocenters. The quantitative estimate of drug-likeness (QED) is 0.745. The molecule has 2 heterocycles. The molecular weight excluding hydrogens is 260 g/mol. The fraction of sp³-hybridized carbons (Fsp3) is 0.200. The summed E-state index contributed by atoms with van der Waals surface area (Å²) >= 11 is 3.34. The molecule has 0 aromatic carbocycles. The molecule has 0 aliphatic carbocycles. The van der Waals surface area contributed by atoms with Crippen LogP contribution < -0.4 is 0 Å².